The van der Waals surface area contributed by atoms with Crippen molar-refractivity contribution in [1.29, 1.82) is 0 Å². The van der Waals surface area contributed by atoms with E-state index in [-0.39, 0.29) is 12.5 Å². The molecular formula is C18H23N3O3. The van der Waals surface area contributed by atoms with Crippen molar-refractivity contribution >= 4 is 17.4 Å². The Balaban J connectivity index is 1.44. The second-order valence-electron chi connectivity index (χ2n) is 6.16. The molecule has 1 saturated carbocycles. The third-order valence-corrected chi connectivity index (χ3v) is 4.10. The van der Waals surface area contributed by atoms with Crippen LogP contribution in [0.15, 0.2) is 34.9 Å². The van der Waals surface area contributed by atoms with E-state index in [0.29, 0.717) is 23.4 Å². The summed E-state index contributed by atoms with van der Waals surface area (Å²) in [4.78, 5) is 11.8. The van der Waals surface area contributed by atoms with E-state index < -0.39 is 0 Å². The van der Waals surface area contributed by atoms with Crippen molar-refractivity contribution in [3.8, 4) is 5.75 Å². The number of nitrogens with one attached hydrogen (secondary N) is 2. The Bertz CT molecular complexity index is 660. The quantitative estimate of drug-likeness (QED) is 0.844. The lowest BCUT2D eigenvalue weighted by Crippen LogP contribution is -2.22. The number of hydrogen-bond acceptors (Lipinski definition) is 5. The van der Waals surface area contributed by atoms with E-state index in [2.05, 4.69) is 15.8 Å². The lowest BCUT2D eigenvalue weighted by molar-refractivity contribution is -0.118. The van der Waals surface area contributed by atoms with Gasteiger partial charge in [0.05, 0.1) is 0 Å². The molecule has 2 N–H and O–H groups in total. The molecule has 1 aliphatic rings. The Morgan fingerprint density at radius 2 is 2.00 bits per heavy atom. The molecule has 0 spiro atoms. The van der Waals surface area contributed by atoms with E-state index in [1.165, 1.54) is 32.1 Å². The minimum absolute atomic E-state index is 0.0681. The van der Waals surface area contributed by atoms with Crippen molar-refractivity contribution in [3.05, 3.63) is 36.1 Å². The predicted molar refractivity (Wildman–Crippen MR) is 92.3 cm³/mol. The van der Waals surface area contributed by atoms with Gasteiger partial charge in [-0.15, -0.1) is 0 Å². The Kier molecular flexibility index (Phi) is 5.36. The fraction of sp³-hybridized carbons (Fsp3) is 0.444. The molecule has 0 unspecified atom stereocenters. The van der Waals surface area contributed by atoms with Gasteiger partial charge in [0.1, 0.15) is 11.5 Å². The van der Waals surface area contributed by atoms with E-state index in [1.54, 1.807) is 13.0 Å². The van der Waals surface area contributed by atoms with Gasteiger partial charge in [0.25, 0.3) is 5.91 Å². The smallest absolute Gasteiger partial charge is 0.263 e. The number of aryl methyl sites for hydroxylation is 1. The molecule has 2 aromatic rings. The summed E-state index contributed by atoms with van der Waals surface area (Å²) in [5.41, 5.74) is 1.09. The van der Waals surface area contributed by atoms with Crippen molar-refractivity contribution in [1.82, 2.24) is 5.16 Å². The monoisotopic (exact) mass is 329 g/mol. The van der Waals surface area contributed by atoms with Gasteiger partial charge in [0.15, 0.2) is 12.4 Å². The molecule has 0 aliphatic heterocycles. The van der Waals surface area contributed by atoms with Crippen LogP contribution in [-0.4, -0.2) is 23.7 Å². The van der Waals surface area contributed by atoms with Crippen LogP contribution in [0.5, 0.6) is 5.75 Å². The first-order valence-corrected chi connectivity index (χ1v) is 8.41. The van der Waals surface area contributed by atoms with Crippen molar-refractivity contribution < 1.29 is 14.1 Å². The zero-order valence-electron chi connectivity index (χ0n) is 13.9. The number of benzene rings is 1. The Morgan fingerprint density at radius 3 is 2.67 bits per heavy atom. The molecule has 1 heterocycles. The van der Waals surface area contributed by atoms with Gasteiger partial charge in [0, 0.05) is 17.8 Å². The number of aromatic nitrogens is 1. The molecule has 128 valence electrons. The van der Waals surface area contributed by atoms with Gasteiger partial charge < -0.3 is 19.9 Å². The summed E-state index contributed by atoms with van der Waals surface area (Å²) in [5, 5.41) is 9.88. The van der Waals surface area contributed by atoms with Crippen LogP contribution in [0.4, 0.5) is 11.5 Å². The molecule has 1 aromatic heterocycles. The van der Waals surface area contributed by atoms with E-state index in [4.69, 9.17) is 9.26 Å². The van der Waals surface area contributed by atoms with Crippen LogP contribution in [0.3, 0.4) is 0 Å². The van der Waals surface area contributed by atoms with Crippen LogP contribution in [0.1, 0.15) is 37.9 Å². The minimum atomic E-state index is -0.271. The van der Waals surface area contributed by atoms with Gasteiger partial charge in [-0.3, -0.25) is 4.79 Å². The number of hydrogen-bond donors (Lipinski definition) is 2. The second kappa shape index (κ2) is 7.86. The summed E-state index contributed by atoms with van der Waals surface area (Å²) in [7, 11) is 0. The summed E-state index contributed by atoms with van der Waals surface area (Å²) >= 11 is 0. The molecule has 6 nitrogen and oxygen atoms in total. The lowest BCUT2D eigenvalue weighted by Gasteiger charge is -2.23. The maximum atomic E-state index is 11.8. The third kappa shape index (κ3) is 4.75. The number of amides is 1. The average Bonchev–Trinajstić information content (AvgIpc) is 3.00. The predicted octanol–water partition coefficient (Wildman–Crippen LogP) is 3.75. The van der Waals surface area contributed by atoms with Gasteiger partial charge >= 0.3 is 0 Å². The van der Waals surface area contributed by atoms with Crippen LogP contribution < -0.4 is 15.4 Å². The molecule has 24 heavy (non-hydrogen) atoms. The van der Waals surface area contributed by atoms with Crippen molar-refractivity contribution in [2.24, 2.45) is 0 Å². The zero-order valence-corrected chi connectivity index (χ0v) is 13.9. The molecule has 1 aromatic carbocycles. The topological polar surface area (TPSA) is 76.4 Å². The first-order chi connectivity index (χ1) is 11.7. The molecule has 3 rings (SSSR count). The maximum Gasteiger partial charge on any atom is 0.263 e. The van der Waals surface area contributed by atoms with Crippen LogP contribution >= 0.6 is 0 Å². The summed E-state index contributed by atoms with van der Waals surface area (Å²) < 4.78 is 10.4. The van der Waals surface area contributed by atoms with Crippen LogP contribution in [0.2, 0.25) is 0 Å². The highest BCUT2D eigenvalue weighted by molar-refractivity contribution is 5.90. The fourth-order valence-electron chi connectivity index (χ4n) is 2.88. The largest absolute Gasteiger partial charge is 0.484 e. The maximum absolute atomic E-state index is 11.8. The molecule has 6 heteroatoms. The van der Waals surface area contributed by atoms with E-state index in [9.17, 15) is 4.79 Å². The summed E-state index contributed by atoms with van der Waals surface area (Å²) in [6.45, 7) is 1.70. The van der Waals surface area contributed by atoms with Crippen molar-refractivity contribution in [2.75, 3.05) is 17.2 Å². The highest BCUT2D eigenvalue weighted by Crippen LogP contribution is 2.23. The molecule has 0 bridgehead atoms. The molecule has 1 amide bonds. The van der Waals surface area contributed by atoms with Crippen LogP contribution in [0.25, 0.3) is 0 Å². The summed E-state index contributed by atoms with van der Waals surface area (Å²) in [6, 6.07) is 9.95. The van der Waals surface area contributed by atoms with E-state index in [1.807, 2.05) is 24.3 Å². The molecular weight excluding hydrogens is 306 g/mol. The number of ether oxygens (including phenoxy) is 1. The van der Waals surface area contributed by atoms with Gasteiger partial charge in [-0.05, 0) is 44.0 Å². The van der Waals surface area contributed by atoms with Gasteiger partial charge in [-0.2, -0.15) is 0 Å². The summed E-state index contributed by atoms with van der Waals surface area (Å²) in [5.74, 6) is 1.43. The molecule has 1 aliphatic carbocycles. The Hall–Kier alpha value is -2.50. The number of carbonyl (C=O) groups is 1. The lowest BCUT2D eigenvalue weighted by atomic mass is 9.95. The first kappa shape index (κ1) is 16.4. The van der Waals surface area contributed by atoms with Gasteiger partial charge in [0.2, 0.25) is 0 Å². The Labute approximate surface area is 141 Å². The highest BCUT2D eigenvalue weighted by Gasteiger charge is 2.13. The average molecular weight is 329 g/mol. The normalized spacial score (nSPS) is 15.0. The fourth-order valence-corrected chi connectivity index (χ4v) is 2.88. The van der Waals surface area contributed by atoms with E-state index in [0.717, 1.165) is 5.69 Å². The first-order valence-electron chi connectivity index (χ1n) is 8.41. The SMILES string of the molecule is Cc1cc(NC(=O)COc2ccc(NC3CCCCC3)cc2)no1. The Morgan fingerprint density at radius 1 is 1.25 bits per heavy atom. The minimum Gasteiger partial charge on any atom is -0.484 e. The molecule has 1 fully saturated rings. The highest BCUT2D eigenvalue weighted by atomic mass is 16.5. The van der Waals surface area contributed by atoms with E-state index >= 15 is 0 Å². The number of nitrogens with zero attached hydrogens (tertiary/aromatic N) is 1. The number of anilines is 2. The standard InChI is InChI=1S/C18H23N3O3/c1-13-11-17(21-24-13)20-18(22)12-23-16-9-7-15(8-10-16)19-14-5-3-2-4-6-14/h7-11,14,19H,2-6,12H2,1H3,(H,20,21,22). The summed E-state index contributed by atoms with van der Waals surface area (Å²) in [6.07, 6.45) is 6.43. The molecule has 0 saturated heterocycles. The zero-order chi connectivity index (χ0) is 16.8. The van der Waals surface area contributed by atoms with Crippen LogP contribution in [-0.2, 0) is 4.79 Å². The number of carbonyl (C=O) groups excluding carboxylic acids is 1. The van der Waals surface area contributed by atoms with Crippen LogP contribution in [0, 0.1) is 6.92 Å². The second-order valence-corrected chi connectivity index (χ2v) is 6.16. The van der Waals surface area contributed by atoms with Gasteiger partial charge in [-0.1, -0.05) is 24.4 Å². The van der Waals surface area contributed by atoms with Crippen molar-refractivity contribution in [2.45, 2.75) is 45.1 Å². The molecule has 0 atom stereocenters. The van der Waals surface area contributed by atoms with Crippen molar-refractivity contribution in [3.63, 3.8) is 0 Å². The number of rotatable bonds is 6. The third-order valence-electron chi connectivity index (χ3n) is 4.10. The van der Waals surface area contributed by atoms with Gasteiger partial charge in [-0.25, -0.2) is 0 Å². The molecule has 0 radical (unpaired) electrons.